The normalized spacial score (nSPS) is 15.8. The summed E-state index contributed by atoms with van der Waals surface area (Å²) in [6.45, 7) is 2.98. The minimum atomic E-state index is -3.83. The van der Waals surface area contributed by atoms with Gasteiger partial charge in [-0.25, -0.2) is 17.9 Å². The number of nitrogens with one attached hydrogen (secondary N) is 1. The minimum absolute atomic E-state index is 0.102. The molecule has 25 heavy (non-hydrogen) atoms. The van der Waals surface area contributed by atoms with Crippen LogP contribution >= 0.6 is 0 Å². The van der Waals surface area contributed by atoms with E-state index in [9.17, 15) is 13.2 Å². The third-order valence-corrected chi connectivity index (χ3v) is 5.94. The van der Waals surface area contributed by atoms with Crippen LogP contribution in [0.25, 0.3) is 0 Å². The molecule has 3 rings (SSSR count). The van der Waals surface area contributed by atoms with Gasteiger partial charge in [-0.3, -0.25) is 0 Å². The summed E-state index contributed by atoms with van der Waals surface area (Å²) in [5, 5.41) is 0. The van der Waals surface area contributed by atoms with E-state index in [0.717, 1.165) is 18.4 Å². The van der Waals surface area contributed by atoms with E-state index in [1.54, 1.807) is 17.0 Å². The van der Waals surface area contributed by atoms with Crippen LogP contribution in [0.1, 0.15) is 29.9 Å². The van der Waals surface area contributed by atoms with Crippen molar-refractivity contribution < 1.29 is 13.2 Å². The van der Waals surface area contributed by atoms with Crippen LogP contribution in [0.15, 0.2) is 59.5 Å². The standard InChI is InChI=1S/C19H22N2O3S/c1-15-7-9-18(10-8-15)25(23,24)20-19(22)21-13-11-17(12-14-21)16-5-3-2-4-6-16/h2-10,17H,11-14H2,1H3,(H,20,22). The van der Waals surface area contributed by atoms with Crippen molar-refractivity contribution in [3.8, 4) is 0 Å². The first-order valence-corrected chi connectivity index (χ1v) is 9.87. The first-order chi connectivity index (χ1) is 12.0. The quantitative estimate of drug-likeness (QED) is 0.916. The molecular weight excluding hydrogens is 336 g/mol. The Labute approximate surface area is 148 Å². The second-order valence-corrected chi connectivity index (χ2v) is 8.08. The lowest BCUT2D eigenvalue weighted by molar-refractivity contribution is 0.187. The largest absolute Gasteiger partial charge is 0.331 e. The highest BCUT2D eigenvalue weighted by molar-refractivity contribution is 7.90. The van der Waals surface area contributed by atoms with Crippen LogP contribution in [0, 0.1) is 6.92 Å². The van der Waals surface area contributed by atoms with Crippen LogP contribution < -0.4 is 4.72 Å². The molecule has 2 amide bonds. The Kier molecular flexibility index (Phi) is 5.08. The number of urea groups is 1. The maximum atomic E-state index is 12.3. The number of piperidine rings is 1. The van der Waals surface area contributed by atoms with Gasteiger partial charge in [0.05, 0.1) is 4.90 Å². The summed E-state index contributed by atoms with van der Waals surface area (Å²) in [5.74, 6) is 0.416. The van der Waals surface area contributed by atoms with E-state index in [2.05, 4.69) is 16.9 Å². The molecule has 0 aliphatic carbocycles. The number of benzene rings is 2. The maximum Gasteiger partial charge on any atom is 0.331 e. The molecule has 0 atom stereocenters. The van der Waals surface area contributed by atoms with Crippen LogP contribution in [0.2, 0.25) is 0 Å². The molecule has 1 saturated heterocycles. The predicted molar refractivity (Wildman–Crippen MR) is 96.9 cm³/mol. The highest BCUT2D eigenvalue weighted by Gasteiger charge is 2.26. The van der Waals surface area contributed by atoms with Crippen LogP contribution in [0.4, 0.5) is 4.79 Å². The van der Waals surface area contributed by atoms with E-state index in [4.69, 9.17) is 0 Å². The zero-order chi connectivity index (χ0) is 17.9. The number of carbonyl (C=O) groups excluding carboxylic acids is 1. The third kappa shape index (κ3) is 4.20. The Morgan fingerprint density at radius 2 is 1.60 bits per heavy atom. The van der Waals surface area contributed by atoms with Gasteiger partial charge in [-0.1, -0.05) is 48.0 Å². The first kappa shape index (κ1) is 17.5. The van der Waals surface area contributed by atoms with Gasteiger partial charge in [-0.15, -0.1) is 0 Å². The Balaban J connectivity index is 1.60. The number of likely N-dealkylation sites (tertiary alicyclic amines) is 1. The Morgan fingerprint density at radius 1 is 1.00 bits per heavy atom. The zero-order valence-corrected chi connectivity index (χ0v) is 15.0. The van der Waals surface area contributed by atoms with Crippen LogP contribution in [-0.4, -0.2) is 32.4 Å². The lowest BCUT2D eigenvalue weighted by Crippen LogP contribution is -2.46. The lowest BCUT2D eigenvalue weighted by atomic mass is 9.90. The number of nitrogens with zero attached hydrogens (tertiary/aromatic N) is 1. The number of carbonyl (C=O) groups is 1. The molecule has 0 unspecified atom stereocenters. The number of sulfonamides is 1. The topological polar surface area (TPSA) is 66.5 Å². The van der Waals surface area contributed by atoms with E-state index >= 15 is 0 Å². The second kappa shape index (κ2) is 7.27. The highest BCUT2D eigenvalue weighted by Crippen LogP contribution is 2.27. The molecule has 0 saturated carbocycles. The molecule has 0 aromatic heterocycles. The van der Waals surface area contributed by atoms with E-state index in [0.29, 0.717) is 19.0 Å². The van der Waals surface area contributed by atoms with Gasteiger partial charge in [0.15, 0.2) is 0 Å². The van der Waals surface area contributed by atoms with Gasteiger partial charge in [0, 0.05) is 13.1 Å². The average molecular weight is 358 g/mol. The molecule has 1 heterocycles. The third-order valence-electron chi connectivity index (χ3n) is 4.61. The van der Waals surface area contributed by atoms with Gasteiger partial charge < -0.3 is 4.90 Å². The van der Waals surface area contributed by atoms with Crippen LogP contribution in [-0.2, 0) is 10.0 Å². The molecule has 2 aromatic rings. The predicted octanol–water partition coefficient (Wildman–Crippen LogP) is 3.27. The maximum absolute atomic E-state index is 12.3. The SMILES string of the molecule is Cc1ccc(S(=O)(=O)NC(=O)N2CCC(c3ccccc3)CC2)cc1. The second-order valence-electron chi connectivity index (χ2n) is 6.40. The fraction of sp³-hybridized carbons (Fsp3) is 0.316. The Bertz CT molecular complexity index is 825. The number of amides is 2. The van der Waals surface area contributed by atoms with Gasteiger partial charge in [-0.05, 0) is 43.4 Å². The molecule has 0 spiro atoms. The summed E-state index contributed by atoms with van der Waals surface area (Å²) in [6.07, 6.45) is 1.67. The van der Waals surface area contributed by atoms with Crippen molar-refractivity contribution in [1.29, 1.82) is 0 Å². The van der Waals surface area contributed by atoms with Crippen LogP contribution in [0.3, 0.4) is 0 Å². The monoisotopic (exact) mass is 358 g/mol. The summed E-state index contributed by atoms with van der Waals surface area (Å²) in [4.78, 5) is 14.0. The molecule has 5 nitrogen and oxygen atoms in total. The Hall–Kier alpha value is -2.34. The summed E-state index contributed by atoms with van der Waals surface area (Å²) in [7, 11) is -3.83. The van der Waals surface area contributed by atoms with Crippen molar-refractivity contribution in [3.63, 3.8) is 0 Å². The average Bonchev–Trinajstić information content (AvgIpc) is 2.62. The van der Waals surface area contributed by atoms with Crippen molar-refractivity contribution in [2.24, 2.45) is 0 Å². The van der Waals surface area contributed by atoms with Crippen molar-refractivity contribution in [2.75, 3.05) is 13.1 Å². The molecule has 1 fully saturated rings. The van der Waals surface area contributed by atoms with Gasteiger partial charge in [0.2, 0.25) is 0 Å². The molecule has 132 valence electrons. The number of aryl methyl sites for hydroxylation is 1. The van der Waals surface area contributed by atoms with E-state index < -0.39 is 16.1 Å². The molecule has 1 aliphatic rings. The zero-order valence-electron chi connectivity index (χ0n) is 14.2. The summed E-state index contributed by atoms with van der Waals surface area (Å²) in [5.41, 5.74) is 2.24. The van der Waals surface area contributed by atoms with Gasteiger partial charge in [0.25, 0.3) is 10.0 Å². The van der Waals surface area contributed by atoms with Crippen molar-refractivity contribution in [3.05, 3.63) is 65.7 Å². The molecule has 2 aromatic carbocycles. The number of rotatable bonds is 3. The first-order valence-electron chi connectivity index (χ1n) is 8.39. The fourth-order valence-electron chi connectivity index (χ4n) is 3.10. The molecule has 6 heteroatoms. The molecule has 0 radical (unpaired) electrons. The van der Waals surface area contributed by atoms with E-state index in [1.165, 1.54) is 17.7 Å². The lowest BCUT2D eigenvalue weighted by Gasteiger charge is -2.32. The fourth-order valence-corrected chi connectivity index (χ4v) is 4.07. The van der Waals surface area contributed by atoms with E-state index in [1.807, 2.05) is 25.1 Å². The summed E-state index contributed by atoms with van der Waals surface area (Å²) >= 11 is 0. The van der Waals surface area contributed by atoms with Gasteiger partial charge >= 0.3 is 6.03 Å². The molecule has 0 bridgehead atoms. The van der Waals surface area contributed by atoms with Gasteiger partial charge in [0.1, 0.15) is 0 Å². The number of hydrogen-bond donors (Lipinski definition) is 1. The summed E-state index contributed by atoms with van der Waals surface area (Å²) in [6, 6.07) is 16.1. The summed E-state index contributed by atoms with van der Waals surface area (Å²) < 4.78 is 26.8. The van der Waals surface area contributed by atoms with Crippen LogP contribution in [0.5, 0.6) is 0 Å². The molecule has 1 aliphatic heterocycles. The van der Waals surface area contributed by atoms with E-state index in [-0.39, 0.29) is 4.90 Å². The minimum Gasteiger partial charge on any atom is -0.324 e. The molecular formula is C19H22N2O3S. The number of hydrogen-bond acceptors (Lipinski definition) is 3. The molecule has 1 N–H and O–H groups in total. The highest BCUT2D eigenvalue weighted by atomic mass is 32.2. The Morgan fingerprint density at radius 3 is 2.20 bits per heavy atom. The van der Waals surface area contributed by atoms with Crippen molar-refractivity contribution in [1.82, 2.24) is 9.62 Å². The van der Waals surface area contributed by atoms with Crippen molar-refractivity contribution >= 4 is 16.1 Å². The van der Waals surface area contributed by atoms with Crippen molar-refractivity contribution in [2.45, 2.75) is 30.6 Å². The van der Waals surface area contributed by atoms with Gasteiger partial charge in [-0.2, -0.15) is 0 Å². The smallest absolute Gasteiger partial charge is 0.324 e.